The number of amides is 1. The van der Waals surface area contributed by atoms with Crippen molar-refractivity contribution < 1.29 is 14.3 Å². The molecule has 8 heteroatoms. The van der Waals surface area contributed by atoms with Crippen molar-refractivity contribution in [1.82, 2.24) is 14.9 Å². The first-order chi connectivity index (χ1) is 14.6. The van der Waals surface area contributed by atoms with Crippen LogP contribution in [0.15, 0.2) is 24.3 Å². The predicted octanol–water partition coefficient (Wildman–Crippen LogP) is 2.42. The van der Waals surface area contributed by atoms with Gasteiger partial charge in [0.2, 0.25) is 5.91 Å². The average molecular weight is 431 g/mol. The Balaban J connectivity index is 1.70. The van der Waals surface area contributed by atoms with Crippen molar-refractivity contribution in [1.29, 1.82) is 0 Å². The number of carbonyl (C=O) groups is 1. The molecule has 7 nitrogen and oxygen atoms in total. The maximum atomic E-state index is 12.5. The second kappa shape index (κ2) is 9.18. The second-order valence-electron chi connectivity index (χ2n) is 7.60. The van der Waals surface area contributed by atoms with E-state index in [-0.39, 0.29) is 5.91 Å². The van der Waals surface area contributed by atoms with Crippen LogP contribution in [0, 0.1) is 0 Å². The third-order valence-corrected chi connectivity index (χ3v) is 5.78. The highest BCUT2D eigenvalue weighted by Gasteiger charge is 2.29. The molecular weight excluding hydrogens is 404 g/mol. The Morgan fingerprint density at radius 1 is 1.23 bits per heavy atom. The van der Waals surface area contributed by atoms with Gasteiger partial charge in [-0.3, -0.25) is 4.79 Å². The summed E-state index contributed by atoms with van der Waals surface area (Å²) in [7, 11) is 1.68. The molecule has 1 aromatic carbocycles. The second-order valence-corrected chi connectivity index (χ2v) is 8.26. The van der Waals surface area contributed by atoms with Crippen molar-refractivity contribution in [3.8, 4) is 5.75 Å². The fourth-order valence-electron chi connectivity index (χ4n) is 4.02. The first-order valence-electron chi connectivity index (χ1n) is 10.3. The Kier molecular flexibility index (Phi) is 6.39. The number of hydrogen-bond acceptors (Lipinski definition) is 6. The van der Waals surface area contributed by atoms with E-state index in [1.54, 1.807) is 14.0 Å². The number of rotatable bonds is 5. The van der Waals surface area contributed by atoms with Crippen LogP contribution >= 0.6 is 11.6 Å². The first kappa shape index (κ1) is 20.9. The number of anilines is 1. The van der Waals surface area contributed by atoms with E-state index in [0.29, 0.717) is 39.1 Å². The first-order valence-corrected chi connectivity index (χ1v) is 10.8. The number of methoxy groups -OCH3 is 1. The van der Waals surface area contributed by atoms with E-state index < -0.39 is 5.38 Å². The highest BCUT2D eigenvalue weighted by atomic mass is 35.5. The van der Waals surface area contributed by atoms with Gasteiger partial charge in [-0.05, 0) is 13.0 Å². The molecule has 1 fully saturated rings. The van der Waals surface area contributed by atoms with Crippen LogP contribution < -0.4 is 9.64 Å². The average Bonchev–Trinajstić information content (AvgIpc) is 2.78. The minimum Gasteiger partial charge on any atom is -0.496 e. The van der Waals surface area contributed by atoms with Crippen LogP contribution in [-0.2, 0) is 28.9 Å². The van der Waals surface area contributed by atoms with Crippen LogP contribution in [0.1, 0.15) is 29.6 Å². The number of carbonyl (C=O) groups excluding carboxylic acids is 1. The van der Waals surface area contributed by atoms with Gasteiger partial charge in [0.1, 0.15) is 22.8 Å². The zero-order valence-electron chi connectivity index (χ0n) is 17.4. The van der Waals surface area contributed by atoms with Crippen LogP contribution in [0.25, 0.3) is 0 Å². The van der Waals surface area contributed by atoms with Crippen LogP contribution in [0.5, 0.6) is 5.75 Å². The van der Waals surface area contributed by atoms with Gasteiger partial charge in [-0.2, -0.15) is 0 Å². The van der Waals surface area contributed by atoms with Gasteiger partial charge in [-0.1, -0.05) is 18.2 Å². The maximum absolute atomic E-state index is 12.5. The summed E-state index contributed by atoms with van der Waals surface area (Å²) in [5.74, 6) is 2.46. The number of morpholine rings is 1. The molecule has 2 aromatic rings. The fraction of sp³-hybridized carbons (Fsp3) is 0.500. The molecule has 1 unspecified atom stereocenters. The Bertz CT molecular complexity index is 915. The molecule has 0 saturated carbocycles. The zero-order chi connectivity index (χ0) is 21.1. The van der Waals surface area contributed by atoms with Gasteiger partial charge >= 0.3 is 0 Å². The van der Waals surface area contributed by atoms with Crippen molar-refractivity contribution in [2.75, 3.05) is 44.9 Å². The summed E-state index contributed by atoms with van der Waals surface area (Å²) >= 11 is 6.06. The van der Waals surface area contributed by atoms with Gasteiger partial charge in [0.15, 0.2) is 0 Å². The predicted molar refractivity (Wildman–Crippen MR) is 115 cm³/mol. The fourth-order valence-corrected chi connectivity index (χ4v) is 4.16. The number of alkyl halides is 1. The van der Waals surface area contributed by atoms with Crippen LogP contribution in [0.4, 0.5) is 5.82 Å². The smallest absolute Gasteiger partial charge is 0.240 e. The molecule has 2 aliphatic rings. The molecule has 3 heterocycles. The van der Waals surface area contributed by atoms with Gasteiger partial charge < -0.3 is 19.3 Å². The molecule has 1 atom stereocenters. The number of halogens is 1. The number of benzene rings is 1. The topological polar surface area (TPSA) is 67.8 Å². The molecule has 2 aliphatic heterocycles. The molecule has 0 bridgehead atoms. The molecule has 1 aromatic heterocycles. The minimum atomic E-state index is -0.538. The zero-order valence-corrected chi connectivity index (χ0v) is 18.2. The van der Waals surface area contributed by atoms with Gasteiger partial charge in [-0.15, -0.1) is 11.6 Å². The van der Waals surface area contributed by atoms with E-state index in [9.17, 15) is 4.79 Å². The Morgan fingerprint density at radius 3 is 2.73 bits per heavy atom. The molecule has 1 saturated heterocycles. The summed E-state index contributed by atoms with van der Waals surface area (Å²) in [6.07, 6.45) is 1.29. The van der Waals surface area contributed by atoms with E-state index >= 15 is 0 Å². The quantitative estimate of drug-likeness (QED) is 0.679. The lowest BCUT2D eigenvalue weighted by Crippen LogP contribution is -2.42. The van der Waals surface area contributed by atoms with E-state index in [1.807, 2.05) is 29.2 Å². The lowest BCUT2D eigenvalue weighted by molar-refractivity contribution is -0.131. The highest BCUT2D eigenvalue weighted by molar-refractivity contribution is 6.30. The van der Waals surface area contributed by atoms with Crippen molar-refractivity contribution in [2.24, 2.45) is 0 Å². The SMILES string of the molecule is COc1ccccc1Cc1nc2c(c(N3CCOCC3)n1)CN(C(=O)C(C)Cl)CC2. The minimum absolute atomic E-state index is 0.0478. The summed E-state index contributed by atoms with van der Waals surface area (Å²) < 4.78 is 11.0. The normalized spacial score (nSPS) is 17.4. The van der Waals surface area contributed by atoms with E-state index in [1.165, 1.54) is 0 Å². The van der Waals surface area contributed by atoms with Crippen LogP contribution in [0.2, 0.25) is 0 Å². The van der Waals surface area contributed by atoms with Crippen LogP contribution in [0.3, 0.4) is 0 Å². The highest BCUT2D eigenvalue weighted by Crippen LogP contribution is 2.29. The molecule has 160 valence electrons. The Hall–Kier alpha value is -2.38. The van der Waals surface area contributed by atoms with Crippen LogP contribution in [-0.4, -0.2) is 66.1 Å². The number of aromatic nitrogens is 2. The molecule has 0 spiro atoms. The molecule has 0 radical (unpaired) electrons. The molecule has 30 heavy (non-hydrogen) atoms. The molecule has 1 amide bonds. The number of hydrogen-bond donors (Lipinski definition) is 0. The summed E-state index contributed by atoms with van der Waals surface area (Å²) in [6.45, 7) is 5.72. The van der Waals surface area contributed by atoms with Crippen molar-refractivity contribution in [3.63, 3.8) is 0 Å². The summed E-state index contributed by atoms with van der Waals surface area (Å²) in [5, 5.41) is -0.538. The monoisotopic (exact) mass is 430 g/mol. The molecular formula is C22H27ClN4O3. The summed E-state index contributed by atoms with van der Waals surface area (Å²) in [4.78, 5) is 26.4. The largest absolute Gasteiger partial charge is 0.496 e. The van der Waals surface area contributed by atoms with Crippen molar-refractivity contribution in [3.05, 3.63) is 46.9 Å². The number of para-hydroxylation sites is 1. The van der Waals surface area contributed by atoms with Gasteiger partial charge in [-0.25, -0.2) is 9.97 Å². The third-order valence-electron chi connectivity index (χ3n) is 5.59. The van der Waals surface area contributed by atoms with E-state index in [0.717, 1.165) is 47.3 Å². The Morgan fingerprint density at radius 2 is 2.00 bits per heavy atom. The van der Waals surface area contributed by atoms with Crippen molar-refractivity contribution in [2.45, 2.75) is 31.7 Å². The van der Waals surface area contributed by atoms with E-state index in [4.69, 9.17) is 31.0 Å². The van der Waals surface area contributed by atoms with Gasteiger partial charge in [0, 0.05) is 43.6 Å². The van der Waals surface area contributed by atoms with E-state index in [2.05, 4.69) is 4.90 Å². The lowest BCUT2D eigenvalue weighted by atomic mass is 10.0. The standard InChI is InChI=1S/C22H27ClN4O3/c1-15(23)22(28)27-8-7-18-17(14-27)21(26-9-11-30-12-10-26)25-20(24-18)13-16-5-3-4-6-19(16)29-2/h3-6,15H,7-14H2,1-2H3. The van der Waals surface area contributed by atoms with Gasteiger partial charge in [0.25, 0.3) is 0 Å². The Labute approximate surface area is 182 Å². The summed E-state index contributed by atoms with van der Waals surface area (Å²) in [6, 6.07) is 7.94. The lowest BCUT2D eigenvalue weighted by Gasteiger charge is -2.35. The van der Waals surface area contributed by atoms with Gasteiger partial charge in [0.05, 0.1) is 32.6 Å². The number of ether oxygens (including phenoxy) is 2. The molecule has 4 rings (SSSR count). The third kappa shape index (κ3) is 4.37. The van der Waals surface area contributed by atoms with Crippen molar-refractivity contribution >= 4 is 23.3 Å². The molecule has 0 aliphatic carbocycles. The number of fused-ring (bicyclic) bond motifs is 1. The maximum Gasteiger partial charge on any atom is 0.240 e. The summed E-state index contributed by atoms with van der Waals surface area (Å²) in [5.41, 5.74) is 3.09. The molecule has 0 N–H and O–H groups in total. The number of nitrogens with zero attached hydrogens (tertiary/aromatic N) is 4.